The number of nitrogens with zero attached hydrogens (tertiary/aromatic N) is 2. The molecule has 1 atom stereocenters. The number of carbonyl (C=O) groups is 2. The second-order valence-electron chi connectivity index (χ2n) is 7.56. The number of carbonyl (C=O) groups excluding carboxylic acids is 2. The van der Waals surface area contributed by atoms with Gasteiger partial charge in [0.15, 0.2) is 0 Å². The van der Waals surface area contributed by atoms with Crippen molar-refractivity contribution in [3.05, 3.63) is 83.7 Å². The normalized spacial score (nSPS) is 13.6. The predicted molar refractivity (Wildman–Crippen MR) is 117 cm³/mol. The third kappa shape index (κ3) is 3.82. The van der Waals surface area contributed by atoms with Gasteiger partial charge in [0.1, 0.15) is 0 Å². The molecule has 2 heterocycles. The van der Waals surface area contributed by atoms with Crippen molar-refractivity contribution in [1.82, 2.24) is 10.4 Å². The Balaban J connectivity index is 1.70. The monoisotopic (exact) mass is 400 g/mol. The van der Waals surface area contributed by atoms with Crippen molar-refractivity contribution in [2.45, 2.75) is 19.8 Å². The Kier molecular flexibility index (Phi) is 5.59. The second-order valence-corrected chi connectivity index (χ2v) is 7.56. The molecule has 0 radical (unpaired) electrons. The molecular weight excluding hydrogens is 376 g/mol. The van der Waals surface area contributed by atoms with Crippen LogP contribution in [0.4, 0.5) is 5.69 Å². The van der Waals surface area contributed by atoms with Crippen LogP contribution < -0.4 is 16.2 Å². The molecule has 30 heavy (non-hydrogen) atoms. The molecule has 6 nitrogen and oxygen atoms in total. The van der Waals surface area contributed by atoms with E-state index in [1.165, 1.54) is 0 Å². The first-order chi connectivity index (χ1) is 14.6. The highest BCUT2D eigenvalue weighted by Gasteiger charge is 2.31. The van der Waals surface area contributed by atoms with Gasteiger partial charge < -0.3 is 4.90 Å². The number of hydrogen-bond donors (Lipinski definition) is 2. The maximum atomic E-state index is 13.3. The Morgan fingerprint density at radius 3 is 2.53 bits per heavy atom. The molecule has 0 unspecified atom stereocenters. The van der Waals surface area contributed by atoms with E-state index in [0.717, 1.165) is 27.9 Å². The van der Waals surface area contributed by atoms with Gasteiger partial charge in [0, 0.05) is 36.1 Å². The molecule has 2 amide bonds. The molecule has 0 saturated heterocycles. The van der Waals surface area contributed by atoms with E-state index < -0.39 is 0 Å². The average Bonchev–Trinajstić information content (AvgIpc) is 3.22. The number of nitrogen functional groups attached to an aromatic ring is 1. The van der Waals surface area contributed by atoms with Crippen LogP contribution in [0.15, 0.2) is 67.0 Å². The number of hydrazine groups is 1. The maximum absolute atomic E-state index is 13.3. The van der Waals surface area contributed by atoms with Gasteiger partial charge in [0.25, 0.3) is 5.91 Å². The number of hydrogen-bond acceptors (Lipinski definition) is 4. The minimum absolute atomic E-state index is 0.0589. The highest BCUT2D eigenvalue weighted by atomic mass is 16.2. The number of amides is 2. The first kappa shape index (κ1) is 19.8. The van der Waals surface area contributed by atoms with Crippen molar-refractivity contribution in [3.8, 4) is 11.1 Å². The Hall–Kier alpha value is -3.51. The van der Waals surface area contributed by atoms with Crippen LogP contribution in [-0.2, 0) is 17.6 Å². The van der Waals surface area contributed by atoms with Crippen molar-refractivity contribution >= 4 is 17.5 Å². The summed E-state index contributed by atoms with van der Waals surface area (Å²) < 4.78 is 0. The van der Waals surface area contributed by atoms with Crippen LogP contribution in [0.25, 0.3) is 11.1 Å². The van der Waals surface area contributed by atoms with Gasteiger partial charge in [-0.15, -0.1) is 0 Å². The van der Waals surface area contributed by atoms with Gasteiger partial charge in [-0.25, -0.2) is 5.84 Å². The van der Waals surface area contributed by atoms with Crippen LogP contribution >= 0.6 is 0 Å². The van der Waals surface area contributed by atoms with E-state index in [2.05, 4.69) is 10.4 Å². The number of aromatic nitrogens is 1. The van der Waals surface area contributed by atoms with E-state index in [1.807, 2.05) is 61.5 Å². The predicted octanol–water partition coefficient (Wildman–Crippen LogP) is 3.12. The average molecular weight is 400 g/mol. The summed E-state index contributed by atoms with van der Waals surface area (Å²) in [7, 11) is 0. The van der Waals surface area contributed by atoms with Crippen LogP contribution in [0.1, 0.15) is 28.4 Å². The molecule has 0 bridgehead atoms. The summed E-state index contributed by atoms with van der Waals surface area (Å²) in [5, 5.41) is 0. The quantitative estimate of drug-likeness (QED) is 0.391. The van der Waals surface area contributed by atoms with Crippen molar-refractivity contribution in [3.63, 3.8) is 0 Å². The van der Waals surface area contributed by atoms with E-state index in [0.29, 0.717) is 24.9 Å². The van der Waals surface area contributed by atoms with Crippen molar-refractivity contribution in [2.24, 2.45) is 11.8 Å². The number of nitrogens with one attached hydrogen (secondary N) is 1. The SMILES string of the molecule is C[C@@H](Cc1ccccc1)C(=O)N1CCc2c(C(=O)NN)cc(-c3ccncc3)cc21. The van der Waals surface area contributed by atoms with Crippen molar-refractivity contribution in [2.75, 3.05) is 11.4 Å². The molecule has 2 aromatic carbocycles. The van der Waals surface area contributed by atoms with Gasteiger partial charge in [-0.2, -0.15) is 0 Å². The lowest BCUT2D eigenvalue weighted by molar-refractivity contribution is -0.121. The summed E-state index contributed by atoms with van der Waals surface area (Å²) in [6, 6.07) is 17.6. The summed E-state index contributed by atoms with van der Waals surface area (Å²) >= 11 is 0. The highest BCUT2D eigenvalue weighted by molar-refractivity contribution is 6.03. The third-order valence-corrected chi connectivity index (χ3v) is 5.56. The summed E-state index contributed by atoms with van der Waals surface area (Å²) in [5.41, 5.74) is 7.29. The van der Waals surface area contributed by atoms with Gasteiger partial charge in [-0.1, -0.05) is 37.3 Å². The zero-order valence-electron chi connectivity index (χ0n) is 16.8. The Morgan fingerprint density at radius 1 is 1.10 bits per heavy atom. The zero-order valence-corrected chi connectivity index (χ0v) is 16.8. The number of anilines is 1. The van der Waals surface area contributed by atoms with Gasteiger partial charge in [-0.3, -0.25) is 20.0 Å². The minimum Gasteiger partial charge on any atom is -0.312 e. The molecule has 0 fully saturated rings. The number of benzene rings is 2. The molecule has 4 rings (SSSR count). The van der Waals surface area contributed by atoms with Gasteiger partial charge in [-0.05, 0) is 59.4 Å². The lowest BCUT2D eigenvalue weighted by Crippen LogP contribution is -2.34. The fourth-order valence-corrected chi connectivity index (χ4v) is 4.05. The second kappa shape index (κ2) is 8.47. The first-order valence-corrected chi connectivity index (χ1v) is 10.0. The van der Waals surface area contributed by atoms with Crippen LogP contribution in [0, 0.1) is 5.92 Å². The largest absolute Gasteiger partial charge is 0.312 e. The van der Waals surface area contributed by atoms with E-state index in [-0.39, 0.29) is 17.7 Å². The summed E-state index contributed by atoms with van der Waals surface area (Å²) in [6.45, 7) is 2.51. The summed E-state index contributed by atoms with van der Waals surface area (Å²) in [5.74, 6) is 4.96. The lowest BCUT2D eigenvalue weighted by Gasteiger charge is -2.23. The maximum Gasteiger partial charge on any atom is 0.265 e. The number of fused-ring (bicyclic) bond motifs is 1. The van der Waals surface area contributed by atoms with Crippen LogP contribution in [-0.4, -0.2) is 23.3 Å². The Labute approximate surface area is 175 Å². The minimum atomic E-state index is -0.353. The highest BCUT2D eigenvalue weighted by Crippen LogP contribution is 2.36. The van der Waals surface area contributed by atoms with E-state index in [4.69, 9.17) is 5.84 Å². The molecule has 3 aromatic rings. The fourth-order valence-electron chi connectivity index (χ4n) is 4.05. The summed E-state index contributed by atoms with van der Waals surface area (Å²) in [4.78, 5) is 31.6. The van der Waals surface area contributed by atoms with Crippen molar-refractivity contribution < 1.29 is 9.59 Å². The molecule has 0 spiro atoms. The first-order valence-electron chi connectivity index (χ1n) is 10.0. The van der Waals surface area contributed by atoms with Gasteiger partial charge in [0.05, 0.1) is 0 Å². The smallest absolute Gasteiger partial charge is 0.265 e. The third-order valence-electron chi connectivity index (χ3n) is 5.56. The molecule has 0 saturated carbocycles. The van der Waals surface area contributed by atoms with E-state index in [9.17, 15) is 9.59 Å². The van der Waals surface area contributed by atoms with Crippen LogP contribution in [0.2, 0.25) is 0 Å². The molecule has 1 aromatic heterocycles. The molecule has 6 heteroatoms. The Bertz CT molecular complexity index is 1070. The Morgan fingerprint density at radius 2 is 1.83 bits per heavy atom. The number of nitrogens with two attached hydrogens (primary N) is 1. The van der Waals surface area contributed by atoms with Crippen LogP contribution in [0.3, 0.4) is 0 Å². The molecule has 152 valence electrons. The van der Waals surface area contributed by atoms with Gasteiger partial charge in [0.2, 0.25) is 5.91 Å². The molecule has 0 aliphatic carbocycles. The zero-order chi connectivity index (χ0) is 21.1. The number of rotatable bonds is 5. The van der Waals surface area contributed by atoms with Crippen molar-refractivity contribution in [1.29, 1.82) is 0 Å². The molecular formula is C24H24N4O2. The molecule has 3 N–H and O–H groups in total. The topological polar surface area (TPSA) is 88.3 Å². The van der Waals surface area contributed by atoms with E-state index in [1.54, 1.807) is 17.3 Å². The number of pyridine rings is 1. The van der Waals surface area contributed by atoms with Crippen LogP contribution in [0.5, 0.6) is 0 Å². The van der Waals surface area contributed by atoms with E-state index >= 15 is 0 Å². The molecule has 1 aliphatic rings. The molecule has 1 aliphatic heterocycles. The summed E-state index contributed by atoms with van der Waals surface area (Å²) in [6.07, 6.45) is 4.70. The standard InChI is InChI=1S/C24H24N4O2/c1-16(13-17-5-3-2-4-6-17)24(30)28-12-9-20-21(23(29)27-25)14-19(15-22(20)28)18-7-10-26-11-8-18/h2-8,10-11,14-16H,9,12-13,25H2,1H3,(H,27,29)/t16-/m0/s1. The lowest BCUT2D eigenvalue weighted by atomic mass is 9.96. The fraction of sp³-hybridized carbons (Fsp3) is 0.208. The van der Waals surface area contributed by atoms with Gasteiger partial charge >= 0.3 is 0 Å².